The third kappa shape index (κ3) is 3.06. The highest BCUT2D eigenvalue weighted by molar-refractivity contribution is 7.93. The van der Waals surface area contributed by atoms with E-state index in [1.807, 2.05) is 0 Å². The highest BCUT2D eigenvalue weighted by Crippen LogP contribution is 2.22. The molecule has 0 saturated heterocycles. The first-order chi connectivity index (χ1) is 8.58. The second-order valence-corrected chi connectivity index (χ2v) is 7.06. The van der Waals surface area contributed by atoms with Crippen molar-refractivity contribution in [1.82, 2.24) is 14.7 Å². The van der Waals surface area contributed by atoms with Gasteiger partial charge in [-0.15, -0.1) is 0 Å². The number of nitrogens with zero attached hydrogens (tertiary/aromatic N) is 3. The Labute approximate surface area is 113 Å². The molecule has 1 aromatic heterocycles. The molecule has 0 unspecified atom stereocenters. The average molecular weight is 288 g/mol. The van der Waals surface area contributed by atoms with E-state index in [9.17, 15) is 13.2 Å². The Morgan fingerprint density at radius 1 is 1.37 bits per heavy atom. The number of carbonyl (C=O) groups is 1. The molecule has 0 atom stereocenters. The number of anilines is 1. The average Bonchev–Trinajstić information content (AvgIpc) is 2.55. The summed E-state index contributed by atoms with van der Waals surface area (Å²) in [6.45, 7) is 4.85. The predicted octanol–water partition coefficient (Wildman–Crippen LogP) is 0.580. The molecule has 0 bridgehead atoms. The standard InChI is InChI=1S/C11H20N4O3S/c1-7(2)19(17,18)13-9-8(3)15(6)12-10(9)11(16)14(4)5/h7,13H,1-6H3. The fraction of sp³-hybridized carbons (Fsp3) is 0.636. The van der Waals surface area contributed by atoms with Crippen LogP contribution in [0.3, 0.4) is 0 Å². The summed E-state index contributed by atoms with van der Waals surface area (Å²) in [4.78, 5) is 13.4. The van der Waals surface area contributed by atoms with E-state index < -0.39 is 15.3 Å². The van der Waals surface area contributed by atoms with E-state index in [1.165, 1.54) is 9.58 Å². The largest absolute Gasteiger partial charge is 0.343 e. The van der Waals surface area contributed by atoms with Gasteiger partial charge in [-0.05, 0) is 20.8 Å². The molecule has 0 aliphatic carbocycles. The summed E-state index contributed by atoms with van der Waals surface area (Å²) in [7, 11) is 1.33. The Hall–Kier alpha value is -1.57. The fourth-order valence-electron chi connectivity index (χ4n) is 1.35. The topological polar surface area (TPSA) is 84.3 Å². The zero-order chi connectivity index (χ0) is 15.0. The number of nitrogens with one attached hydrogen (secondary N) is 1. The molecule has 1 rings (SSSR count). The summed E-state index contributed by atoms with van der Waals surface area (Å²) >= 11 is 0. The summed E-state index contributed by atoms with van der Waals surface area (Å²) in [5.74, 6) is -0.342. The second kappa shape index (κ2) is 5.20. The maximum absolute atomic E-state index is 12.0. The van der Waals surface area contributed by atoms with Gasteiger partial charge in [0.2, 0.25) is 10.0 Å². The number of rotatable bonds is 4. The zero-order valence-corrected chi connectivity index (χ0v) is 12.9. The molecule has 0 aromatic carbocycles. The number of aromatic nitrogens is 2. The highest BCUT2D eigenvalue weighted by Gasteiger charge is 2.26. The molecule has 0 saturated carbocycles. The lowest BCUT2D eigenvalue weighted by Gasteiger charge is -2.13. The van der Waals surface area contributed by atoms with Crippen molar-refractivity contribution < 1.29 is 13.2 Å². The maximum Gasteiger partial charge on any atom is 0.276 e. The van der Waals surface area contributed by atoms with Gasteiger partial charge < -0.3 is 4.90 Å². The zero-order valence-electron chi connectivity index (χ0n) is 12.1. The van der Waals surface area contributed by atoms with E-state index in [0.717, 1.165) is 0 Å². The third-order valence-electron chi connectivity index (χ3n) is 2.81. The molecule has 0 radical (unpaired) electrons. The van der Waals surface area contributed by atoms with Crippen molar-refractivity contribution in [3.05, 3.63) is 11.4 Å². The van der Waals surface area contributed by atoms with Gasteiger partial charge in [-0.25, -0.2) is 8.42 Å². The van der Waals surface area contributed by atoms with Crippen LogP contribution in [0, 0.1) is 6.92 Å². The van der Waals surface area contributed by atoms with Gasteiger partial charge in [0.1, 0.15) is 5.69 Å². The van der Waals surface area contributed by atoms with Crippen molar-refractivity contribution in [2.75, 3.05) is 18.8 Å². The fourth-order valence-corrected chi connectivity index (χ4v) is 2.12. The lowest BCUT2D eigenvalue weighted by Crippen LogP contribution is -2.26. The summed E-state index contributed by atoms with van der Waals surface area (Å²) in [5.41, 5.74) is 0.943. The molecule has 0 spiro atoms. The van der Waals surface area contributed by atoms with Crippen LogP contribution in [-0.2, 0) is 17.1 Å². The highest BCUT2D eigenvalue weighted by atomic mass is 32.2. The molecule has 8 heteroatoms. The van der Waals surface area contributed by atoms with Crippen molar-refractivity contribution in [2.45, 2.75) is 26.0 Å². The van der Waals surface area contributed by atoms with Crippen LogP contribution in [-0.4, -0.2) is 48.4 Å². The molecule has 0 aliphatic heterocycles. The van der Waals surface area contributed by atoms with Gasteiger partial charge in [-0.2, -0.15) is 5.10 Å². The normalized spacial score (nSPS) is 11.7. The molecule has 108 valence electrons. The lowest BCUT2D eigenvalue weighted by molar-refractivity contribution is 0.0822. The Balaban J connectivity index is 3.32. The summed E-state index contributed by atoms with van der Waals surface area (Å²) in [5, 5.41) is 3.48. The number of sulfonamides is 1. The minimum atomic E-state index is -3.52. The van der Waals surface area contributed by atoms with Crippen LogP contribution in [0.2, 0.25) is 0 Å². The number of carbonyl (C=O) groups excluding carboxylic acids is 1. The van der Waals surface area contributed by atoms with Crippen LogP contribution in [0.1, 0.15) is 30.0 Å². The molecule has 1 heterocycles. The monoisotopic (exact) mass is 288 g/mol. The van der Waals surface area contributed by atoms with Gasteiger partial charge in [-0.1, -0.05) is 0 Å². The van der Waals surface area contributed by atoms with Crippen LogP contribution in [0.4, 0.5) is 5.69 Å². The molecule has 19 heavy (non-hydrogen) atoms. The third-order valence-corrected chi connectivity index (χ3v) is 4.54. The Morgan fingerprint density at radius 2 is 1.89 bits per heavy atom. The van der Waals surface area contributed by atoms with Gasteiger partial charge in [0.25, 0.3) is 5.91 Å². The first-order valence-corrected chi connectivity index (χ1v) is 7.39. The Bertz CT molecular complexity index is 587. The van der Waals surface area contributed by atoms with E-state index in [0.29, 0.717) is 5.69 Å². The van der Waals surface area contributed by atoms with Gasteiger partial charge in [0.15, 0.2) is 5.69 Å². The van der Waals surface area contributed by atoms with E-state index in [2.05, 4.69) is 9.82 Å². The number of hydrogen-bond acceptors (Lipinski definition) is 4. The summed E-state index contributed by atoms with van der Waals surface area (Å²) in [6.07, 6.45) is 0. The first-order valence-electron chi connectivity index (χ1n) is 5.84. The lowest BCUT2D eigenvalue weighted by atomic mass is 10.3. The number of amides is 1. The Morgan fingerprint density at radius 3 is 2.32 bits per heavy atom. The van der Waals surface area contributed by atoms with E-state index in [-0.39, 0.29) is 17.3 Å². The van der Waals surface area contributed by atoms with Crippen molar-refractivity contribution in [3.63, 3.8) is 0 Å². The molecule has 0 fully saturated rings. The quantitative estimate of drug-likeness (QED) is 0.878. The molecule has 7 nitrogen and oxygen atoms in total. The second-order valence-electron chi connectivity index (χ2n) is 4.83. The van der Waals surface area contributed by atoms with E-state index in [1.54, 1.807) is 41.9 Å². The van der Waals surface area contributed by atoms with Crippen LogP contribution >= 0.6 is 0 Å². The summed E-state index contributed by atoms with van der Waals surface area (Å²) in [6, 6.07) is 0. The predicted molar refractivity (Wildman–Crippen MR) is 73.6 cm³/mol. The minimum Gasteiger partial charge on any atom is -0.343 e. The van der Waals surface area contributed by atoms with E-state index in [4.69, 9.17) is 0 Å². The number of hydrogen-bond donors (Lipinski definition) is 1. The van der Waals surface area contributed by atoms with Crippen LogP contribution in [0.15, 0.2) is 0 Å². The van der Waals surface area contributed by atoms with Gasteiger partial charge >= 0.3 is 0 Å². The van der Waals surface area contributed by atoms with Gasteiger partial charge in [-0.3, -0.25) is 14.2 Å². The molecule has 1 amide bonds. The maximum atomic E-state index is 12.0. The molecular weight excluding hydrogens is 268 g/mol. The van der Waals surface area contributed by atoms with Gasteiger partial charge in [0, 0.05) is 21.1 Å². The van der Waals surface area contributed by atoms with Crippen molar-refractivity contribution in [2.24, 2.45) is 7.05 Å². The van der Waals surface area contributed by atoms with Crippen molar-refractivity contribution in [3.8, 4) is 0 Å². The summed E-state index contributed by atoms with van der Waals surface area (Å²) < 4.78 is 27.8. The molecule has 0 aliphatic rings. The number of aryl methyl sites for hydroxylation is 1. The smallest absolute Gasteiger partial charge is 0.276 e. The molecule has 1 N–H and O–H groups in total. The molecular formula is C11H20N4O3S. The molecule has 1 aromatic rings. The SMILES string of the molecule is Cc1c(NS(=O)(=O)C(C)C)c(C(=O)N(C)C)nn1C. The van der Waals surface area contributed by atoms with Crippen molar-refractivity contribution >= 4 is 21.6 Å². The van der Waals surface area contributed by atoms with Crippen LogP contribution in [0.5, 0.6) is 0 Å². The Kier molecular flexibility index (Phi) is 4.24. The minimum absolute atomic E-state index is 0.106. The van der Waals surface area contributed by atoms with E-state index >= 15 is 0 Å². The van der Waals surface area contributed by atoms with Gasteiger partial charge in [0.05, 0.1) is 10.9 Å². The van der Waals surface area contributed by atoms with Crippen LogP contribution in [0.25, 0.3) is 0 Å². The van der Waals surface area contributed by atoms with Crippen molar-refractivity contribution in [1.29, 1.82) is 0 Å². The first kappa shape index (κ1) is 15.5. The van der Waals surface area contributed by atoms with Crippen LogP contribution < -0.4 is 4.72 Å².